The third-order valence-corrected chi connectivity index (χ3v) is 2.71. The van der Waals surface area contributed by atoms with E-state index in [-0.39, 0.29) is 12.8 Å². The van der Waals surface area contributed by atoms with Crippen LogP contribution in [0.25, 0.3) is 0 Å². The van der Waals surface area contributed by atoms with E-state index in [4.69, 9.17) is 9.47 Å². The van der Waals surface area contributed by atoms with Gasteiger partial charge < -0.3 is 20.1 Å². The molecule has 0 atom stereocenters. The predicted molar refractivity (Wildman–Crippen MR) is 74.1 cm³/mol. The van der Waals surface area contributed by atoms with Crippen molar-refractivity contribution in [1.82, 2.24) is 10.6 Å². The van der Waals surface area contributed by atoms with Crippen molar-refractivity contribution in [3.63, 3.8) is 0 Å². The zero-order valence-corrected chi connectivity index (χ0v) is 11.6. The van der Waals surface area contributed by atoms with Gasteiger partial charge in [-0.25, -0.2) is 4.79 Å². The highest BCUT2D eigenvalue weighted by Gasteiger charge is 2.00. The normalized spacial score (nSPS) is 10.2. The molecule has 0 saturated heterocycles. The molecular weight excluding hydrogens is 244 g/mol. The molecule has 0 bridgehead atoms. The van der Waals surface area contributed by atoms with E-state index in [2.05, 4.69) is 29.7 Å². The highest BCUT2D eigenvalue weighted by Crippen LogP contribution is 2.06. The second kappa shape index (κ2) is 9.35. The average molecular weight is 266 g/mol. The van der Waals surface area contributed by atoms with Crippen molar-refractivity contribution in [2.24, 2.45) is 0 Å². The second-order valence-electron chi connectivity index (χ2n) is 4.15. The summed E-state index contributed by atoms with van der Waals surface area (Å²) < 4.78 is 9.95. The molecule has 5 nitrogen and oxygen atoms in total. The number of benzene rings is 1. The molecule has 106 valence electrons. The van der Waals surface area contributed by atoms with Crippen LogP contribution in [-0.2, 0) is 15.9 Å². The fourth-order valence-electron chi connectivity index (χ4n) is 1.59. The van der Waals surface area contributed by atoms with E-state index < -0.39 is 0 Å². The van der Waals surface area contributed by atoms with Crippen LogP contribution in [0.1, 0.15) is 11.1 Å². The summed E-state index contributed by atoms with van der Waals surface area (Å²) in [6.45, 7) is 3.87. The molecule has 0 aliphatic heterocycles. The number of carbonyl (C=O) groups excluding carboxylic acids is 1. The van der Waals surface area contributed by atoms with E-state index in [9.17, 15) is 4.79 Å². The van der Waals surface area contributed by atoms with E-state index in [1.54, 1.807) is 7.11 Å². The topological polar surface area (TPSA) is 59.6 Å². The van der Waals surface area contributed by atoms with Gasteiger partial charge in [0.2, 0.25) is 0 Å². The molecule has 19 heavy (non-hydrogen) atoms. The third-order valence-electron chi connectivity index (χ3n) is 2.71. The summed E-state index contributed by atoms with van der Waals surface area (Å²) in [6, 6.07) is 7.94. The molecule has 0 spiro atoms. The van der Waals surface area contributed by atoms with Crippen LogP contribution in [0.2, 0.25) is 0 Å². The highest BCUT2D eigenvalue weighted by molar-refractivity contribution is 5.73. The average Bonchev–Trinajstić information content (AvgIpc) is 2.41. The van der Waals surface area contributed by atoms with E-state index >= 15 is 0 Å². The van der Waals surface area contributed by atoms with Gasteiger partial charge in [-0.1, -0.05) is 24.3 Å². The monoisotopic (exact) mass is 266 g/mol. The first-order valence-corrected chi connectivity index (χ1v) is 6.37. The molecule has 1 aromatic rings. The molecule has 0 radical (unpaired) electrons. The van der Waals surface area contributed by atoms with E-state index in [1.165, 1.54) is 11.1 Å². The Morgan fingerprint density at radius 2 is 2.00 bits per heavy atom. The zero-order chi connectivity index (χ0) is 13.9. The maximum Gasteiger partial charge on any atom is 0.316 e. The number of carbonyl (C=O) groups is 1. The van der Waals surface area contributed by atoms with Crippen molar-refractivity contribution < 1.29 is 14.3 Å². The molecule has 0 heterocycles. The summed E-state index contributed by atoms with van der Waals surface area (Å²) in [5, 5.41) is 5.40. The summed E-state index contributed by atoms with van der Waals surface area (Å²) in [5.41, 5.74) is 2.49. The molecule has 2 amide bonds. The predicted octanol–water partition coefficient (Wildman–Crippen LogP) is 1.46. The van der Waals surface area contributed by atoms with E-state index in [0.717, 1.165) is 6.42 Å². The van der Waals surface area contributed by atoms with Crippen LogP contribution in [0.4, 0.5) is 4.79 Å². The van der Waals surface area contributed by atoms with Crippen LogP contribution in [0.3, 0.4) is 0 Å². The molecule has 0 fully saturated rings. The van der Waals surface area contributed by atoms with Crippen molar-refractivity contribution in [2.75, 3.05) is 33.6 Å². The minimum Gasteiger partial charge on any atom is -0.382 e. The molecule has 0 unspecified atom stereocenters. The summed E-state index contributed by atoms with van der Waals surface area (Å²) in [5.74, 6) is 0. The number of nitrogens with one attached hydrogen (secondary N) is 2. The molecule has 0 aliphatic rings. The highest BCUT2D eigenvalue weighted by atomic mass is 16.5. The molecule has 1 aromatic carbocycles. The number of hydrogen-bond donors (Lipinski definition) is 2. The second-order valence-corrected chi connectivity index (χ2v) is 4.15. The Hall–Kier alpha value is -1.59. The minimum absolute atomic E-state index is 0.194. The van der Waals surface area contributed by atoms with Crippen LogP contribution in [-0.4, -0.2) is 39.6 Å². The Kier molecular flexibility index (Phi) is 7.62. The number of hydrogen-bond acceptors (Lipinski definition) is 3. The third kappa shape index (κ3) is 6.79. The Labute approximate surface area is 114 Å². The number of methoxy groups -OCH3 is 1. The molecule has 0 aromatic heterocycles. The minimum atomic E-state index is -0.217. The molecule has 0 aliphatic carbocycles. The Balaban J connectivity index is 2.09. The lowest BCUT2D eigenvalue weighted by Crippen LogP contribution is -2.38. The van der Waals surface area contributed by atoms with Crippen molar-refractivity contribution in [1.29, 1.82) is 0 Å². The van der Waals surface area contributed by atoms with Crippen LogP contribution in [0, 0.1) is 6.92 Å². The van der Waals surface area contributed by atoms with Gasteiger partial charge in [-0.3, -0.25) is 0 Å². The Bertz CT molecular complexity index is 383. The number of ether oxygens (including phenoxy) is 2. The molecule has 2 N–H and O–H groups in total. The van der Waals surface area contributed by atoms with Gasteiger partial charge in [0.1, 0.15) is 6.73 Å². The largest absolute Gasteiger partial charge is 0.382 e. The SMILES string of the molecule is COCCOCNC(=O)NCCc1ccccc1C. The number of amides is 2. The lowest BCUT2D eigenvalue weighted by molar-refractivity contribution is 0.0643. The maximum atomic E-state index is 11.4. The lowest BCUT2D eigenvalue weighted by atomic mass is 10.1. The fraction of sp³-hybridized carbons (Fsp3) is 0.500. The lowest BCUT2D eigenvalue weighted by Gasteiger charge is -2.09. The van der Waals surface area contributed by atoms with Crippen LogP contribution < -0.4 is 10.6 Å². The van der Waals surface area contributed by atoms with Gasteiger partial charge in [-0.2, -0.15) is 0 Å². The Morgan fingerprint density at radius 1 is 1.21 bits per heavy atom. The van der Waals surface area contributed by atoms with Crippen molar-refractivity contribution in [3.05, 3.63) is 35.4 Å². The van der Waals surface area contributed by atoms with E-state index in [0.29, 0.717) is 19.8 Å². The van der Waals surface area contributed by atoms with Gasteiger partial charge in [0.25, 0.3) is 0 Å². The van der Waals surface area contributed by atoms with Gasteiger partial charge in [-0.05, 0) is 24.5 Å². The zero-order valence-electron chi connectivity index (χ0n) is 11.6. The molecule has 1 rings (SSSR count). The van der Waals surface area contributed by atoms with Gasteiger partial charge in [0.05, 0.1) is 13.2 Å². The number of aryl methyl sites for hydroxylation is 1. The van der Waals surface area contributed by atoms with Crippen LogP contribution in [0.15, 0.2) is 24.3 Å². The first-order valence-electron chi connectivity index (χ1n) is 6.37. The maximum absolute atomic E-state index is 11.4. The van der Waals surface area contributed by atoms with Crippen molar-refractivity contribution >= 4 is 6.03 Å². The van der Waals surface area contributed by atoms with Gasteiger partial charge in [0, 0.05) is 13.7 Å². The molecule has 0 saturated carbocycles. The summed E-state index contributed by atoms with van der Waals surface area (Å²) in [4.78, 5) is 11.4. The summed E-state index contributed by atoms with van der Waals surface area (Å²) in [6.07, 6.45) is 0.824. The van der Waals surface area contributed by atoms with Crippen LogP contribution >= 0.6 is 0 Å². The van der Waals surface area contributed by atoms with Crippen molar-refractivity contribution in [3.8, 4) is 0 Å². The number of urea groups is 1. The summed E-state index contributed by atoms with van der Waals surface area (Å²) in [7, 11) is 1.61. The first-order chi connectivity index (χ1) is 9.24. The Morgan fingerprint density at radius 3 is 2.74 bits per heavy atom. The van der Waals surface area contributed by atoms with Crippen LogP contribution in [0.5, 0.6) is 0 Å². The standard InChI is InChI=1S/C14H22N2O3/c1-12-5-3-4-6-13(12)7-8-15-14(17)16-11-19-10-9-18-2/h3-6H,7-11H2,1-2H3,(H2,15,16,17). The number of rotatable bonds is 8. The van der Waals surface area contributed by atoms with Crippen molar-refractivity contribution in [2.45, 2.75) is 13.3 Å². The molecular formula is C14H22N2O3. The molecule has 5 heteroatoms. The van der Waals surface area contributed by atoms with E-state index in [1.807, 2.05) is 12.1 Å². The van der Waals surface area contributed by atoms with Gasteiger partial charge in [0.15, 0.2) is 0 Å². The summed E-state index contributed by atoms with van der Waals surface area (Å²) >= 11 is 0. The van der Waals surface area contributed by atoms with Gasteiger partial charge >= 0.3 is 6.03 Å². The smallest absolute Gasteiger partial charge is 0.316 e. The quantitative estimate of drug-likeness (QED) is 0.553. The van der Waals surface area contributed by atoms with Gasteiger partial charge in [-0.15, -0.1) is 0 Å². The first kappa shape index (κ1) is 15.5. The fourth-order valence-corrected chi connectivity index (χ4v) is 1.59.